The molecule has 0 unspecified atom stereocenters. The Bertz CT molecular complexity index is 284. The predicted molar refractivity (Wildman–Crippen MR) is 52.5 cm³/mol. The second-order valence-corrected chi connectivity index (χ2v) is 3.25. The third kappa shape index (κ3) is 2.46. The molecule has 0 radical (unpaired) electrons. The summed E-state index contributed by atoms with van der Waals surface area (Å²) in [6.07, 6.45) is 1.76. The smallest absolute Gasteiger partial charge is 0.219 e. The number of nitrogens with zero attached hydrogens (tertiary/aromatic N) is 4. The molecule has 0 aromatic rings. The van der Waals surface area contributed by atoms with Gasteiger partial charge in [0.15, 0.2) is 0 Å². The van der Waals surface area contributed by atoms with E-state index in [2.05, 4.69) is 4.99 Å². The van der Waals surface area contributed by atoms with Crippen LogP contribution in [0.15, 0.2) is 4.99 Å². The van der Waals surface area contributed by atoms with E-state index in [1.54, 1.807) is 18.0 Å². The van der Waals surface area contributed by atoms with Crippen molar-refractivity contribution in [1.29, 1.82) is 5.26 Å². The van der Waals surface area contributed by atoms with E-state index in [9.17, 15) is 4.79 Å². The number of rotatable bonds is 0. The summed E-state index contributed by atoms with van der Waals surface area (Å²) in [5.41, 5.74) is 0. The molecule has 0 saturated carbocycles. The largest absolute Gasteiger partial charge is 0.356 e. The third-order valence-corrected chi connectivity index (χ3v) is 2.39. The number of piperazine rings is 1. The summed E-state index contributed by atoms with van der Waals surface area (Å²) in [7, 11) is 0. The predicted octanol–water partition coefficient (Wildman–Crippen LogP) is 0.0500. The van der Waals surface area contributed by atoms with Crippen molar-refractivity contribution in [3.8, 4) is 6.19 Å². The van der Waals surface area contributed by atoms with Gasteiger partial charge in [-0.05, 0) is 6.92 Å². The Hall–Kier alpha value is -1.57. The van der Waals surface area contributed by atoms with Crippen molar-refractivity contribution in [2.45, 2.75) is 13.8 Å². The summed E-state index contributed by atoms with van der Waals surface area (Å²) >= 11 is 0. The zero-order valence-corrected chi connectivity index (χ0v) is 8.53. The number of hydrogen-bond donors (Lipinski definition) is 0. The van der Waals surface area contributed by atoms with E-state index in [0.717, 1.165) is 18.9 Å². The maximum atomic E-state index is 11.0. The molecular weight excluding hydrogens is 180 g/mol. The molecule has 5 nitrogen and oxygen atoms in total. The summed E-state index contributed by atoms with van der Waals surface area (Å²) in [6.45, 7) is 6.34. The summed E-state index contributed by atoms with van der Waals surface area (Å²) in [5, 5.41) is 8.38. The molecule has 1 fully saturated rings. The van der Waals surface area contributed by atoms with Gasteiger partial charge in [-0.15, -0.1) is 0 Å². The lowest BCUT2D eigenvalue weighted by Crippen LogP contribution is -2.49. The second-order valence-electron chi connectivity index (χ2n) is 3.25. The monoisotopic (exact) mass is 194 g/mol. The first-order valence-electron chi connectivity index (χ1n) is 4.59. The minimum atomic E-state index is 0.111. The van der Waals surface area contributed by atoms with Crippen LogP contribution in [0.3, 0.4) is 0 Å². The van der Waals surface area contributed by atoms with E-state index in [1.165, 1.54) is 0 Å². The van der Waals surface area contributed by atoms with Gasteiger partial charge in [0.25, 0.3) is 0 Å². The summed E-state index contributed by atoms with van der Waals surface area (Å²) in [6, 6.07) is 0. The van der Waals surface area contributed by atoms with E-state index in [4.69, 9.17) is 5.26 Å². The van der Waals surface area contributed by atoms with Gasteiger partial charge in [-0.3, -0.25) is 4.79 Å². The summed E-state index contributed by atoms with van der Waals surface area (Å²) in [5.74, 6) is 0.843. The Morgan fingerprint density at radius 2 is 1.71 bits per heavy atom. The van der Waals surface area contributed by atoms with Crippen LogP contribution in [0.25, 0.3) is 0 Å². The van der Waals surface area contributed by atoms with Crippen LogP contribution in [0.2, 0.25) is 0 Å². The van der Waals surface area contributed by atoms with Crippen molar-refractivity contribution in [1.82, 2.24) is 9.80 Å². The fourth-order valence-electron chi connectivity index (χ4n) is 1.49. The number of nitriles is 1. The Labute approximate surface area is 83.6 Å². The zero-order valence-electron chi connectivity index (χ0n) is 8.53. The van der Waals surface area contributed by atoms with Crippen molar-refractivity contribution in [2.24, 2.45) is 4.99 Å². The van der Waals surface area contributed by atoms with Crippen molar-refractivity contribution < 1.29 is 4.79 Å². The van der Waals surface area contributed by atoms with Gasteiger partial charge < -0.3 is 9.80 Å². The molecular formula is C9H14N4O. The van der Waals surface area contributed by atoms with Gasteiger partial charge in [-0.1, -0.05) is 0 Å². The Balaban J connectivity index is 2.48. The van der Waals surface area contributed by atoms with Crippen LogP contribution in [-0.2, 0) is 4.79 Å². The fraction of sp³-hybridized carbons (Fsp3) is 0.667. The van der Waals surface area contributed by atoms with Crippen LogP contribution < -0.4 is 0 Å². The number of hydrogen-bond acceptors (Lipinski definition) is 3. The average molecular weight is 194 g/mol. The average Bonchev–Trinajstić information content (AvgIpc) is 2.18. The highest BCUT2D eigenvalue weighted by atomic mass is 16.2. The van der Waals surface area contributed by atoms with Gasteiger partial charge in [-0.2, -0.15) is 10.3 Å². The maximum Gasteiger partial charge on any atom is 0.219 e. The molecule has 0 aromatic heterocycles. The zero-order chi connectivity index (χ0) is 10.6. The van der Waals surface area contributed by atoms with Gasteiger partial charge >= 0.3 is 0 Å². The van der Waals surface area contributed by atoms with Gasteiger partial charge in [0.2, 0.25) is 12.1 Å². The topological polar surface area (TPSA) is 59.7 Å². The number of aliphatic imine (C=N–C) groups is 1. The van der Waals surface area contributed by atoms with Gasteiger partial charge in [-0.25, -0.2) is 0 Å². The summed E-state index contributed by atoms with van der Waals surface area (Å²) in [4.78, 5) is 18.5. The van der Waals surface area contributed by atoms with Crippen LogP contribution in [0.1, 0.15) is 13.8 Å². The minimum absolute atomic E-state index is 0.111. The minimum Gasteiger partial charge on any atom is -0.356 e. The molecule has 1 heterocycles. The molecule has 1 aliphatic rings. The molecule has 0 bridgehead atoms. The molecule has 0 aromatic carbocycles. The molecule has 1 aliphatic heterocycles. The van der Waals surface area contributed by atoms with Gasteiger partial charge in [0.1, 0.15) is 5.84 Å². The lowest BCUT2D eigenvalue weighted by atomic mass is 10.3. The quantitative estimate of drug-likeness (QED) is 0.311. The van der Waals surface area contributed by atoms with E-state index < -0.39 is 0 Å². The van der Waals surface area contributed by atoms with Crippen LogP contribution in [0.4, 0.5) is 0 Å². The van der Waals surface area contributed by atoms with E-state index in [1.807, 2.05) is 11.8 Å². The number of amidine groups is 1. The molecule has 1 amide bonds. The molecule has 1 saturated heterocycles. The van der Waals surface area contributed by atoms with Crippen molar-refractivity contribution in [3.05, 3.63) is 0 Å². The first-order valence-corrected chi connectivity index (χ1v) is 4.59. The second kappa shape index (κ2) is 4.61. The molecule has 1 rings (SSSR count). The third-order valence-electron chi connectivity index (χ3n) is 2.39. The van der Waals surface area contributed by atoms with Gasteiger partial charge in [0, 0.05) is 33.1 Å². The summed E-state index contributed by atoms with van der Waals surface area (Å²) < 4.78 is 0. The van der Waals surface area contributed by atoms with Crippen LogP contribution in [0, 0.1) is 11.5 Å². The highest BCUT2D eigenvalue weighted by Gasteiger charge is 2.18. The molecule has 0 aliphatic carbocycles. The van der Waals surface area contributed by atoms with Crippen molar-refractivity contribution in [3.63, 3.8) is 0 Å². The Morgan fingerprint density at radius 3 is 2.14 bits per heavy atom. The number of amides is 1. The molecule has 14 heavy (non-hydrogen) atoms. The van der Waals surface area contributed by atoms with E-state index in [-0.39, 0.29) is 5.91 Å². The first kappa shape index (κ1) is 10.5. The highest BCUT2D eigenvalue weighted by Crippen LogP contribution is 2.02. The van der Waals surface area contributed by atoms with Crippen LogP contribution in [-0.4, -0.2) is 47.7 Å². The molecule has 0 N–H and O–H groups in total. The van der Waals surface area contributed by atoms with Crippen molar-refractivity contribution >= 4 is 11.7 Å². The maximum absolute atomic E-state index is 11.0. The fourth-order valence-corrected chi connectivity index (χ4v) is 1.49. The standard InChI is InChI=1S/C9H14N4O/c1-8(11-7-10)12-3-5-13(6-4-12)9(2)14/h3-6H2,1-2H3. The lowest BCUT2D eigenvalue weighted by molar-refractivity contribution is -0.130. The SMILES string of the molecule is CC(=O)N1CCN(C(C)=NC#N)CC1. The normalized spacial score (nSPS) is 17.9. The number of carbonyl (C=O) groups is 1. The Morgan fingerprint density at radius 1 is 1.21 bits per heavy atom. The van der Waals surface area contributed by atoms with E-state index >= 15 is 0 Å². The van der Waals surface area contributed by atoms with Gasteiger partial charge in [0.05, 0.1) is 0 Å². The molecule has 0 spiro atoms. The first-order chi connectivity index (χ1) is 6.65. The van der Waals surface area contributed by atoms with Crippen molar-refractivity contribution in [2.75, 3.05) is 26.2 Å². The molecule has 0 atom stereocenters. The number of carbonyl (C=O) groups excluding carboxylic acids is 1. The molecule has 76 valence electrons. The highest BCUT2D eigenvalue weighted by molar-refractivity contribution is 5.81. The Kier molecular flexibility index (Phi) is 3.46. The lowest BCUT2D eigenvalue weighted by Gasteiger charge is -2.34. The molecule has 5 heteroatoms. The van der Waals surface area contributed by atoms with Crippen LogP contribution in [0.5, 0.6) is 0 Å². The van der Waals surface area contributed by atoms with Crippen LogP contribution >= 0.6 is 0 Å². The van der Waals surface area contributed by atoms with E-state index in [0.29, 0.717) is 13.1 Å².